The fourth-order valence-corrected chi connectivity index (χ4v) is 2.37. The van der Waals surface area contributed by atoms with E-state index in [1.165, 1.54) is 0 Å². The molecule has 0 N–H and O–H groups in total. The molecular weight excluding hydrogens is 240 g/mol. The fraction of sp³-hybridized carbons (Fsp3) is 0.467. The molecule has 0 radical (unpaired) electrons. The molecule has 0 aliphatic carbocycles. The van der Waals surface area contributed by atoms with Crippen LogP contribution in [0.3, 0.4) is 0 Å². The van der Waals surface area contributed by atoms with Gasteiger partial charge in [-0.25, -0.2) is 0 Å². The number of benzene rings is 1. The van der Waals surface area contributed by atoms with E-state index < -0.39 is 0 Å². The highest BCUT2D eigenvalue weighted by Crippen LogP contribution is 2.25. The Morgan fingerprint density at radius 1 is 1.26 bits per heavy atom. The van der Waals surface area contributed by atoms with Gasteiger partial charge in [0.05, 0.1) is 0 Å². The second-order valence-electron chi connectivity index (χ2n) is 4.64. The zero-order chi connectivity index (χ0) is 13.8. The minimum Gasteiger partial charge on any atom is -0.391 e. The Kier molecular flexibility index (Phi) is 4.20. The molecule has 0 fully saturated rings. The normalized spacial score (nSPS) is 21.7. The number of carbonyl (C=O) groups is 1. The molecule has 19 heavy (non-hydrogen) atoms. The lowest BCUT2D eigenvalue weighted by molar-refractivity contribution is -0.135. The van der Waals surface area contributed by atoms with Crippen molar-refractivity contribution in [3.63, 3.8) is 0 Å². The summed E-state index contributed by atoms with van der Waals surface area (Å²) in [5, 5.41) is 4.11. The molecule has 0 bridgehead atoms. The molecule has 0 unspecified atom stereocenters. The SMILES string of the molecule is CCN(CC)C(=O)[C@@H]1C(c2ccccc2)=NO[C@H]1C. The number of rotatable bonds is 4. The van der Waals surface area contributed by atoms with Gasteiger partial charge in [-0.2, -0.15) is 0 Å². The molecule has 1 heterocycles. The first kappa shape index (κ1) is 13.6. The van der Waals surface area contributed by atoms with Crippen molar-refractivity contribution in [1.29, 1.82) is 0 Å². The van der Waals surface area contributed by atoms with E-state index in [0.29, 0.717) is 13.1 Å². The standard InChI is InChI=1S/C15H20N2O2/c1-4-17(5-2)15(18)13-11(3)19-16-14(13)12-9-7-6-8-10-12/h6-11,13H,4-5H2,1-3H3/t11-,13-/m0/s1. The Morgan fingerprint density at radius 3 is 2.47 bits per heavy atom. The summed E-state index contributed by atoms with van der Waals surface area (Å²) in [6.07, 6.45) is -0.205. The van der Waals surface area contributed by atoms with Crippen LogP contribution < -0.4 is 0 Å². The summed E-state index contributed by atoms with van der Waals surface area (Å²) in [6.45, 7) is 7.29. The van der Waals surface area contributed by atoms with E-state index in [-0.39, 0.29) is 17.9 Å². The highest BCUT2D eigenvalue weighted by atomic mass is 16.6. The predicted molar refractivity (Wildman–Crippen MR) is 74.9 cm³/mol. The van der Waals surface area contributed by atoms with Gasteiger partial charge in [-0.05, 0) is 20.8 Å². The lowest BCUT2D eigenvalue weighted by Gasteiger charge is -2.24. The maximum Gasteiger partial charge on any atom is 0.235 e. The third kappa shape index (κ3) is 2.62. The van der Waals surface area contributed by atoms with Gasteiger partial charge in [0.1, 0.15) is 17.7 Å². The molecule has 4 heteroatoms. The Balaban J connectivity index is 2.27. The van der Waals surface area contributed by atoms with Crippen LogP contribution in [0.2, 0.25) is 0 Å². The van der Waals surface area contributed by atoms with Gasteiger partial charge in [0.2, 0.25) is 5.91 Å². The number of hydrogen-bond acceptors (Lipinski definition) is 3. The number of hydrogen-bond donors (Lipinski definition) is 0. The van der Waals surface area contributed by atoms with Gasteiger partial charge in [0, 0.05) is 18.7 Å². The summed E-state index contributed by atoms with van der Waals surface area (Å²) in [4.78, 5) is 19.7. The van der Waals surface area contributed by atoms with Crippen molar-refractivity contribution in [1.82, 2.24) is 4.90 Å². The first-order valence-electron chi connectivity index (χ1n) is 6.77. The molecule has 0 spiro atoms. The molecule has 1 aromatic rings. The summed E-state index contributed by atoms with van der Waals surface area (Å²) in [5.74, 6) is -0.208. The summed E-state index contributed by atoms with van der Waals surface area (Å²) < 4.78 is 0. The van der Waals surface area contributed by atoms with Crippen LogP contribution in [0.5, 0.6) is 0 Å². The van der Waals surface area contributed by atoms with E-state index >= 15 is 0 Å². The van der Waals surface area contributed by atoms with E-state index in [9.17, 15) is 4.79 Å². The van der Waals surface area contributed by atoms with Gasteiger partial charge in [0.25, 0.3) is 0 Å². The zero-order valence-corrected chi connectivity index (χ0v) is 11.7. The maximum atomic E-state index is 12.6. The Morgan fingerprint density at radius 2 is 1.89 bits per heavy atom. The number of amides is 1. The van der Waals surface area contributed by atoms with E-state index in [2.05, 4.69) is 5.16 Å². The molecule has 4 nitrogen and oxygen atoms in total. The fourth-order valence-electron chi connectivity index (χ4n) is 2.37. The van der Waals surface area contributed by atoms with Crippen molar-refractivity contribution in [2.24, 2.45) is 11.1 Å². The smallest absolute Gasteiger partial charge is 0.235 e. The van der Waals surface area contributed by atoms with Gasteiger partial charge >= 0.3 is 0 Å². The zero-order valence-electron chi connectivity index (χ0n) is 11.7. The molecule has 1 aromatic carbocycles. The van der Waals surface area contributed by atoms with Crippen molar-refractivity contribution in [2.45, 2.75) is 26.9 Å². The average Bonchev–Trinajstić information content (AvgIpc) is 2.83. The molecule has 0 aromatic heterocycles. The number of oxime groups is 1. The summed E-state index contributed by atoms with van der Waals surface area (Å²) in [5.41, 5.74) is 1.70. The Labute approximate surface area is 114 Å². The van der Waals surface area contributed by atoms with Gasteiger partial charge in [-0.15, -0.1) is 0 Å². The van der Waals surface area contributed by atoms with E-state index in [1.54, 1.807) is 0 Å². The van der Waals surface area contributed by atoms with Crippen molar-refractivity contribution in [2.75, 3.05) is 13.1 Å². The average molecular weight is 260 g/mol. The van der Waals surface area contributed by atoms with Crippen molar-refractivity contribution >= 4 is 11.6 Å². The number of carbonyl (C=O) groups excluding carboxylic acids is 1. The second kappa shape index (κ2) is 5.87. The molecule has 0 saturated heterocycles. The summed E-state index contributed by atoms with van der Waals surface area (Å²) in [6, 6.07) is 9.76. The lowest BCUT2D eigenvalue weighted by atomic mass is 9.92. The lowest BCUT2D eigenvalue weighted by Crippen LogP contribution is -2.42. The third-order valence-corrected chi connectivity index (χ3v) is 3.49. The summed E-state index contributed by atoms with van der Waals surface area (Å²) >= 11 is 0. The van der Waals surface area contributed by atoms with Crippen LogP contribution in [0.15, 0.2) is 35.5 Å². The highest BCUT2D eigenvalue weighted by Gasteiger charge is 2.39. The molecule has 0 saturated carbocycles. The maximum absolute atomic E-state index is 12.6. The van der Waals surface area contributed by atoms with Crippen LogP contribution in [0.25, 0.3) is 0 Å². The molecular formula is C15H20N2O2. The van der Waals surface area contributed by atoms with Crippen molar-refractivity contribution < 1.29 is 9.63 Å². The van der Waals surface area contributed by atoms with Gasteiger partial charge in [0.15, 0.2) is 0 Å². The van der Waals surface area contributed by atoms with E-state index in [0.717, 1.165) is 11.3 Å². The highest BCUT2D eigenvalue weighted by molar-refractivity contribution is 6.14. The molecule has 2 atom stereocenters. The minimum absolute atomic E-state index is 0.0950. The van der Waals surface area contributed by atoms with Crippen LogP contribution in [-0.2, 0) is 9.63 Å². The molecule has 1 amide bonds. The van der Waals surface area contributed by atoms with Gasteiger partial charge in [-0.1, -0.05) is 35.5 Å². The molecule has 2 rings (SSSR count). The van der Waals surface area contributed by atoms with Gasteiger partial charge in [-0.3, -0.25) is 4.79 Å². The predicted octanol–water partition coefficient (Wildman–Crippen LogP) is 2.29. The van der Waals surface area contributed by atoms with Crippen molar-refractivity contribution in [3.8, 4) is 0 Å². The number of nitrogens with zero attached hydrogens (tertiary/aromatic N) is 2. The first-order chi connectivity index (χ1) is 9.19. The summed E-state index contributed by atoms with van der Waals surface area (Å²) in [7, 11) is 0. The molecule has 1 aliphatic heterocycles. The van der Waals surface area contributed by atoms with E-state index in [1.807, 2.05) is 56.0 Å². The van der Waals surface area contributed by atoms with E-state index in [4.69, 9.17) is 4.84 Å². The first-order valence-corrected chi connectivity index (χ1v) is 6.77. The Hall–Kier alpha value is -1.84. The molecule has 1 aliphatic rings. The van der Waals surface area contributed by atoms with Crippen LogP contribution in [0.1, 0.15) is 26.3 Å². The topological polar surface area (TPSA) is 41.9 Å². The quantitative estimate of drug-likeness (QED) is 0.833. The second-order valence-corrected chi connectivity index (χ2v) is 4.64. The monoisotopic (exact) mass is 260 g/mol. The van der Waals surface area contributed by atoms with Crippen LogP contribution in [0.4, 0.5) is 0 Å². The van der Waals surface area contributed by atoms with Crippen LogP contribution in [0, 0.1) is 5.92 Å². The van der Waals surface area contributed by atoms with Crippen LogP contribution >= 0.6 is 0 Å². The largest absolute Gasteiger partial charge is 0.391 e. The van der Waals surface area contributed by atoms with Crippen LogP contribution in [-0.4, -0.2) is 35.7 Å². The minimum atomic E-state index is -0.303. The Bertz CT molecular complexity index is 466. The van der Waals surface area contributed by atoms with Gasteiger partial charge < -0.3 is 9.74 Å². The third-order valence-electron chi connectivity index (χ3n) is 3.49. The van der Waals surface area contributed by atoms with Crippen molar-refractivity contribution in [3.05, 3.63) is 35.9 Å². The molecule has 102 valence electrons.